The van der Waals surface area contributed by atoms with Gasteiger partial charge < -0.3 is 14.6 Å². The van der Waals surface area contributed by atoms with Crippen molar-refractivity contribution < 1.29 is 9.21 Å². The van der Waals surface area contributed by atoms with Crippen LogP contribution in [0.15, 0.2) is 45.5 Å². The van der Waals surface area contributed by atoms with Crippen molar-refractivity contribution in [2.75, 3.05) is 20.6 Å². The fourth-order valence-electron chi connectivity index (χ4n) is 2.03. The van der Waals surface area contributed by atoms with Crippen LogP contribution in [0, 0.1) is 0 Å². The minimum atomic E-state index is -0.250. The number of benzene rings is 1. The zero-order valence-corrected chi connectivity index (χ0v) is 14.1. The molecule has 0 saturated carbocycles. The molecule has 0 spiro atoms. The van der Waals surface area contributed by atoms with Crippen LogP contribution in [0.2, 0.25) is 5.02 Å². The minimum absolute atomic E-state index is 0.0129. The first-order valence-electron chi connectivity index (χ1n) is 6.43. The summed E-state index contributed by atoms with van der Waals surface area (Å²) in [5, 5.41) is 3.55. The van der Waals surface area contributed by atoms with E-state index in [4.69, 9.17) is 16.0 Å². The van der Waals surface area contributed by atoms with Crippen molar-refractivity contribution in [1.29, 1.82) is 0 Å². The van der Waals surface area contributed by atoms with Crippen LogP contribution >= 0.6 is 27.5 Å². The van der Waals surface area contributed by atoms with Gasteiger partial charge in [-0.1, -0.05) is 29.8 Å². The summed E-state index contributed by atoms with van der Waals surface area (Å²) in [4.78, 5) is 14.0. The fraction of sp³-hybridized carbons (Fsp3) is 0.267. The number of halogens is 2. The Balaban J connectivity index is 2.08. The Morgan fingerprint density at radius 3 is 2.62 bits per heavy atom. The predicted molar refractivity (Wildman–Crippen MR) is 86.6 cm³/mol. The molecule has 0 fully saturated rings. The number of nitrogens with zero attached hydrogens (tertiary/aromatic N) is 1. The zero-order chi connectivity index (χ0) is 15.4. The molecule has 1 amide bonds. The summed E-state index contributed by atoms with van der Waals surface area (Å²) in [5.74, 6) is 0.0261. The molecule has 6 heteroatoms. The van der Waals surface area contributed by atoms with Gasteiger partial charge in [0.25, 0.3) is 5.91 Å². The van der Waals surface area contributed by atoms with Crippen LogP contribution in [-0.2, 0) is 0 Å². The van der Waals surface area contributed by atoms with Crippen molar-refractivity contribution in [2.24, 2.45) is 0 Å². The van der Waals surface area contributed by atoms with Crippen molar-refractivity contribution >= 4 is 33.4 Å². The topological polar surface area (TPSA) is 45.5 Å². The van der Waals surface area contributed by atoms with Gasteiger partial charge in [-0.25, -0.2) is 0 Å². The molecule has 2 rings (SSSR count). The number of amides is 1. The fourth-order valence-corrected chi connectivity index (χ4v) is 2.60. The smallest absolute Gasteiger partial charge is 0.287 e. The van der Waals surface area contributed by atoms with E-state index in [0.29, 0.717) is 16.2 Å². The van der Waals surface area contributed by atoms with Crippen LogP contribution in [0.4, 0.5) is 0 Å². The van der Waals surface area contributed by atoms with Crippen molar-refractivity contribution in [1.82, 2.24) is 10.2 Å². The van der Waals surface area contributed by atoms with Gasteiger partial charge in [0.2, 0.25) is 0 Å². The highest BCUT2D eigenvalue weighted by Crippen LogP contribution is 2.25. The molecule has 1 heterocycles. The van der Waals surface area contributed by atoms with Crippen LogP contribution < -0.4 is 5.32 Å². The molecule has 112 valence electrons. The summed E-state index contributed by atoms with van der Waals surface area (Å²) in [6.45, 7) is 0.438. The monoisotopic (exact) mass is 370 g/mol. The summed E-state index contributed by atoms with van der Waals surface area (Å²) >= 11 is 9.41. The Bertz CT molecular complexity index is 628. The number of carbonyl (C=O) groups excluding carboxylic acids is 1. The van der Waals surface area contributed by atoms with Crippen LogP contribution in [0.1, 0.15) is 22.2 Å². The number of rotatable bonds is 5. The average molecular weight is 372 g/mol. The Morgan fingerprint density at radius 2 is 2.05 bits per heavy atom. The molecule has 1 atom stereocenters. The second-order valence-corrected chi connectivity index (χ2v) is 6.00. The summed E-state index contributed by atoms with van der Waals surface area (Å²) < 4.78 is 5.76. The first kappa shape index (κ1) is 16.1. The number of hydrogen-bond acceptors (Lipinski definition) is 3. The number of hydrogen-bond donors (Lipinski definition) is 1. The molecule has 1 N–H and O–H groups in total. The van der Waals surface area contributed by atoms with Gasteiger partial charge in [0.1, 0.15) is 0 Å². The molecule has 4 nitrogen and oxygen atoms in total. The molecule has 1 aromatic carbocycles. The molecular formula is C15H16BrClN2O2. The SMILES string of the molecule is CN(C)C(CNC(=O)c1ccc(Br)o1)c1ccccc1Cl. The summed E-state index contributed by atoms with van der Waals surface area (Å²) in [6, 6.07) is 10.9. The van der Waals surface area contributed by atoms with Crippen molar-refractivity contribution in [3.63, 3.8) is 0 Å². The van der Waals surface area contributed by atoms with Gasteiger partial charge in [-0.05, 0) is 53.8 Å². The highest BCUT2D eigenvalue weighted by Gasteiger charge is 2.19. The molecule has 0 aliphatic heterocycles. The maximum absolute atomic E-state index is 12.0. The normalized spacial score (nSPS) is 12.4. The second-order valence-electron chi connectivity index (χ2n) is 4.81. The molecule has 1 aromatic heterocycles. The van der Waals surface area contributed by atoms with Gasteiger partial charge in [-0.15, -0.1) is 0 Å². The number of carbonyl (C=O) groups is 1. The van der Waals surface area contributed by atoms with E-state index in [0.717, 1.165) is 5.56 Å². The molecule has 0 aliphatic rings. The standard InChI is InChI=1S/C15H16BrClN2O2/c1-19(2)12(10-5-3-4-6-11(10)17)9-18-15(20)13-7-8-14(16)21-13/h3-8,12H,9H2,1-2H3,(H,18,20). The van der Waals surface area contributed by atoms with Crippen LogP contribution in [-0.4, -0.2) is 31.4 Å². The quantitative estimate of drug-likeness (QED) is 0.871. The van der Waals surface area contributed by atoms with E-state index in [1.807, 2.05) is 43.3 Å². The molecule has 21 heavy (non-hydrogen) atoms. The maximum Gasteiger partial charge on any atom is 0.287 e. The van der Waals surface area contributed by atoms with Crippen LogP contribution in [0.25, 0.3) is 0 Å². The maximum atomic E-state index is 12.0. The summed E-state index contributed by atoms with van der Waals surface area (Å²) in [5.41, 5.74) is 0.977. The van der Waals surface area contributed by atoms with E-state index < -0.39 is 0 Å². The Labute approximate surface area is 137 Å². The third kappa shape index (κ3) is 4.09. The van der Waals surface area contributed by atoms with E-state index >= 15 is 0 Å². The van der Waals surface area contributed by atoms with E-state index in [1.54, 1.807) is 12.1 Å². The lowest BCUT2D eigenvalue weighted by molar-refractivity contribution is 0.0913. The second kappa shape index (κ2) is 7.11. The summed E-state index contributed by atoms with van der Waals surface area (Å²) in [7, 11) is 3.90. The Morgan fingerprint density at radius 1 is 1.33 bits per heavy atom. The number of furan rings is 1. The third-order valence-corrected chi connectivity index (χ3v) is 3.91. The van der Waals surface area contributed by atoms with Crippen molar-refractivity contribution in [3.8, 4) is 0 Å². The van der Waals surface area contributed by atoms with E-state index in [-0.39, 0.29) is 17.7 Å². The molecular weight excluding hydrogens is 356 g/mol. The van der Waals surface area contributed by atoms with E-state index in [2.05, 4.69) is 21.2 Å². The molecule has 1 unspecified atom stereocenters. The van der Waals surface area contributed by atoms with Gasteiger partial charge in [0.05, 0.1) is 6.04 Å². The highest BCUT2D eigenvalue weighted by atomic mass is 79.9. The summed E-state index contributed by atoms with van der Waals surface area (Å²) in [6.07, 6.45) is 0. The zero-order valence-electron chi connectivity index (χ0n) is 11.8. The molecule has 0 radical (unpaired) electrons. The number of likely N-dealkylation sites (N-methyl/N-ethyl adjacent to an activating group) is 1. The van der Waals surface area contributed by atoms with Crippen LogP contribution in [0.5, 0.6) is 0 Å². The Kier molecular flexibility index (Phi) is 5.45. The first-order chi connectivity index (χ1) is 9.99. The lowest BCUT2D eigenvalue weighted by Crippen LogP contribution is -2.34. The molecule has 0 saturated heterocycles. The van der Waals surface area contributed by atoms with Crippen LogP contribution in [0.3, 0.4) is 0 Å². The van der Waals surface area contributed by atoms with Gasteiger partial charge >= 0.3 is 0 Å². The van der Waals surface area contributed by atoms with Crippen molar-refractivity contribution in [3.05, 3.63) is 57.4 Å². The van der Waals surface area contributed by atoms with Gasteiger partial charge in [-0.3, -0.25) is 4.79 Å². The lowest BCUT2D eigenvalue weighted by atomic mass is 10.1. The molecule has 0 aliphatic carbocycles. The van der Waals surface area contributed by atoms with Gasteiger partial charge in [-0.2, -0.15) is 0 Å². The minimum Gasteiger partial charge on any atom is -0.444 e. The predicted octanol–water partition coefficient (Wildman–Crippen LogP) is 3.73. The third-order valence-electron chi connectivity index (χ3n) is 3.14. The largest absolute Gasteiger partial charge is 0.444 e. The molecule has 0 bridgehead atoms. The number of nitrogens with one attached hydrogen (secondary N) is 1. The highest BCUT2D eigenvalue weighted by molar-refractivity contribution is 9.10. The first-order valence-corrected chi connectivity index (χ1v) is 7.60. The van der Waals surface area contributed by atoms with E-state index in [9.17, 15) is 4.79 Å². The van der Waals surface area contributed by atoms with Crippen molar-refractivity contribution in [2.45, 2.75) is 6.04 Å². The lowest BCUT2D eigenvalue weighted by Gasteiger charge is -2.25. The van der Waals surface area contributed by atoms with E-state index in [1.165, 1.54) is 0 Å². The average Bonchev–Trinajstić information content (AvgIpc) is 2.87. The van der Waals surface area contributed by atoms with Gasteiger partial charge in [0, 0.05) is 11.6 Å². The molecule has 2 aromatic rings. The Hall–Kier alpha value is -1.30. The van der Waals surface area contributed by atoms with Gasteiger partial charge in [0.15, 0.2) is 10.4 Å².